The monoisotopic (exact) mass is 578 g/mol. The molecule has 0 aromatic carbocycles. The van der Waals surface area contributed by atoms with Crippen molar-refractivity contribution in [2.75, 3.05) is 19.6 Å². The van der Waals surface area contributed by atoms with Gasteiger partial charge in [-0.1, -0.05) is 226 Å². The predicted molar refractivity (Wildman–Crippen MR) is 190 cm³/mol. The van der Waals surface area contributed by atoms with Crippen molar-refractivity contribution in [1.29, 1.82) is 0 Å². The summed E-state index contributed by atoms with van der Waals surface area (Å²) in [6, 6.07) is 0. The Morgan fingerprint density at radius 3 is 0.561 bits per heavy atom. The molecule has 0 saturated carbocycles. The Labute approximate surface area is 263 Å². The molecule has 0 atom stereocenters. The fraction of sp³-hybridized carbons (Fsp3) is 1.00. The van der Waals surface area contributed by atoms with Crippen LogP contribution in [0.4, 0.5) is 0 Å². The molecule has 0 radical (unpaired) electrons. The summed E-state index contributed by atoms with van der Waals surface area (Å²) in [7, 11) is 0. The molecule has 0 spiro atoms. The summed E-state index contributed by atoms with van der Waals surface area (Å²) in [6.07, 6.45) is 49.9. The fourth-order valence-electron chi connectivity index (χ4n) is 6.55. The van der Waals surface area contributed by atoms with E-state index in [-0.39, 0.29) is 0 Å². The van der Waals surface area contributed by atoms with Crippen LogP contribution >= 0.6 is 0 Å². The highest BCUT2D eigenvalue weighted by Crippen LogP contribution is 2.16. The Kier molecular flexibility index (Phi) is 37.9. The van der Waals surface area contributed by atoms with Crippen LogP contribution in [0.5, 0.6) is 0 Å². The lowest BCUT2D eigenvalue weighted by Gasteiger charge is -2.20. The molecule has 1 nitrogen and oxygen atoms in total. The molecule has 0 rings (SSSR count). The Morgan fingerprint density at radius 2 is 0.390 bits per heavy atom. The molecule has 0 amide bonds. The molecule has 41 heavy (non-hydrogen) atoms. The van der Waals surface area contributed by atoms with E-state index in [2.05, 4.69) is 25.7 Å². The van der Waals surface area contributed by atoms with Crippen LogP contribution in [0.1, 0.15) is 239 Å². The molecule has 0 aliphatic heterocycles. The third kappa shape index (κ3) is 36.1. The average molecular weight is 578 g/mol. The lowest BCUT2D eigenvalue weighted by molar-refractivity contribution is 0.273. The summed E-state index contributed by atoms with van der Waals surface area (Å²) in [5.74, 6) is 0. The Hall–Kier alpha value is -0.0400. The second kappa shape index (κ2) is 38.0. The van der Waals surface area contributed by atoms with Gasteiger partial charge in [0.05, 0.1) is 0 Å². The lowest BCUT2D eigenvalue weighted by atomic mass is 10.0. The van der Waals surface area contributed by atoms with Crippen LogP contribution < -0.4 is 0 Å². The van der Waals surface area contributed by atoms with E-state index in [1.165, 1.54) is 238 Å². The third-order valence-electron chi connectivity index (χ3n) is 9.60. The number of unbranched alkanes of at least 4 members (excludes halogenated alkanes) is 32. The van der Waals surface area contributed by atoms with Gasteiger partial charge in [-0.05, 0) is 32.5 Å². The normalized spacial score (nSPS) is 11.7. The van der Waals surface area contributed by atoms with Crippen LogP contribution in [0.2, 0.25) is 0 Å². The van der Waals surface area contributed by atoms with Crippen LogP contribution in [-0.4, -0.2) is 24.5 Å². The molecular formula is C40H83N. The maximum atomic E-state index is 2.72. The van der Waals surface area contributed by atoms with Gasteiger partial charge in [-0.3, -0.25) is 0 Å². The van der Waals surface area contributed by atoms with Crippen LogP contribution in [0.15, 0.2) is 0 Å². The van der Waals surface area contributed by atoms with Gasteiger partial charge in [0.25, 0.3) is 0 Å². The summed E-state index contributed by atoms with van der Waals surface area (Å²) >= 11 is 0. The summed E-state index contributed by atoms with van der Waals surface area (Å²) in [5, 5.41) is 0. The summed E-state index contributed by atoms with van der Waals surface area (Å²) in [6.45, 7) is 10.9. The Morgan fingerprint density at radius 1 is 0.220 bits per heavy atom. The molecule has 248 valence electrons. The van der Waals surface area contributed by atoms with Crippen LogP contribution in [0, 0.1) is 0 Å². The van der Waals surface area contributed by atoms with Crippen molar-refractivity contribution in [2.45, 2.75) is 239 Å². The molecule has 0 aliphatic carbocycles. The number of hydrogen-bond donors (Lipinski definition) is 0. The second-order valence-corrected chi connectivity index (χ2v) is 13.7. The first kappa shape index (κ1) is 41.0. The SMILES string of the molecule is CCCCCCCCCCCCCCCCCCCCN(CC)CCCCCCCCCCCCCCCCCC. The Balaban J connectivity index is 3.24. The van der Waals surface area contributed by atoms with E-state index < -0.39 is 0 Å². The first-order valence-electron chi connectivity index (χ1n) is 20.1. The van der Waals surface area contributed by atoms with Crippen molar-refractivity contribution >= 4 is 0 Å². The summed E-state index contributed by atoms with van der Waals surface area (Å²) in [4.78, 5) is 2.72. The van der Waals surface area contributed by atoms with Gasteiger partial charge in [0.1, 0.15) is 0 Å². The zero-order chi connectivity index (χ0) is 29.7. The molecule has 0 unspecified atom stereocenters. The standard InChI is InChI=1S/C40H83N/c1-4-7-9-11-13-15-17-19-21-23-24-26-28-30-32-34-36-38-40-41(6-3)39-37-35-33-31-29-27-25-22-20-18-16-14-12-10-8-5-2/h4-40H2,1-3H3. The average Bonchev–Trinajstić information content (AvgIpc) is 2.99. The molecule has 0 fully saturated rings. The zero-order valence-electron chi connectivity index (χ0n) is 29.6. The molecule has 0 N–H and O–H groups in total. The van der Waals surface area contributed by atoms with Crippen molar-refractivity contribution in [2.24, 2.45) is 0 Å². The van der Waals surface area contributed by atoms with E-state index in [1.807, 2.05) is 0 Å². The largest absolute Gasteiger partial charge is 0.304 e. The van der Waals surface area contributed by atoms with Gasteiger partial charge in [-0.25, -0.2) is 0 Å². The van der Waals surface area contributed by atoms with E-state index in [0.717, 1.165) is 0 Å². The quantitative estimate of drug-likeness (QED) is 0.0664. The van der Waals surface area contributed by atoms with Crippen molar-refractivity contribution in [3.05, 3.63) is 0 Å². The minimum atomic E-state index is 1.25. The first-order chi connectivity index (χ1) is 20.3. The van der Waals surface area contributed by atoms with Gasteiger partial charge in [-0.15, -0.1) is 0 Å². The number of rotatable bonds is 37. The molecule has 1 heteroatoms. The highest BCUT2D eigenvalue weighted by molar-refractivity contribution is 4.58. The summed E-state index contributed by atoms with van der Waals surface area (Å²) < 4.78 is 0. The van der Waals surface area contributed by atoms with Crippen LogP contribution in [0.3, 0.4) is 0 Å². The zero-order valence-corrected chi connectivity index (χ0v) is 29.6. The van der Waals surface area contributed by atoms with Gasteiger partial charge in [0, 0.05) is 0 Å². The first-order valence-corrected chi connectivity index (χ1v) is 20.1. The van der Waals surface area contributed by atoms with Gasteiger partial charge >= 0.3 is 0 Å². The smallest absolute Gasteiger partial charge is 0.00189 e. The molecule has 0 bridgehead atoms. The van der Waals surface area contributed by atoms with Crippen molar-refractivity contribution in [1.82, 2.24) is 4.90 Å². The maximum Gasteiger partial charge on any atom is -0.00189 e. The minimum Gasteiger partial charge on any atom is -0.304 e. The number of hydrogen-bond acceptors (Lipinski definition) is 1. The van der Waals surface area contributed by atoms with Gasteiger partial charge in [0.15, 0.2) is 0 Å². The molecule has 0 heterocycles. The third-order valence-corrected chi connectivity index (χ3v) is 9.60. The van der Waals surface area contributed by atoms with E-state index in [1.54, 1.807) is 0 Å². The molecule has 0 aromatic rings. The lowest BCUT2D eigenvalue weighted by Crippen LogP contribution is -2.25. The minimum absolute atomic E-state index is 1.25. The predicted octanol–water partition coefficient (Wildman–Crippen LogP) is 14.6. The Bertz CT molecular complexity index is 433. The van der Waals surface area contributed by atoms with E-state index in [9.17, 15) is 0 Å². The van der Waals surface area contributed by atoms with Crippen molar-refractivity contribution < 1.29 is 0 Å². The van der Waals surface area contributed by atoms with Gasteiger partial charge in [-0.2, -0.15) is 0 Å². The van der Waals surface area contributed by atoms with Crippen molar-refractivity contribution in [3.8, 4) is 0 Å². The van der Waals surface area contributed by atoms with Crippen LogP contribution in [0.25, 0.3) is 0 Å². The summed E-state index contributed by atoms with van der Waals surface area (Å²) in [5.41, 5.74) is 0. The fourth-order valence-corrected chi connectivity index (χ4v) is 6.55. The van der Waals surface area contributed by atoms with E-state index in [4.69, 9.17) is 0 Å². The highest BCUT2D eigenvalue weighted by Gasteiger charge is 2.02. The highest BCUT2D eigenvalue weighted by atomic mass is 15.1. The molecular weight excluding hydrogens is 494 g/mol. The second-order valence-electron chi connectivity index (χ2n) is 13.7. The van der Waals surface area contributed by atoms with Gasteiger partial charge < -0.3 is 4.90 Å². The molecule has 0 aliphatic rings. The molecule has 0 saturated heterocycles. The molecule has 0 aromatic heterocycles. The van der Waals surface area contributed by atoms with Crippen LogP contribution in [-0.2, 0) is 0 Å². The maximum absolute atomic E-state index is 2.72. The van der Waals surface area contributed by atoms with E-state index >= 15 is 0 Å². The van der Waals surface area contributed by atoms with E-state index in [0.29, 0.717) is 0 Å². The van der Waals surface area contributed by atoms with Gasteiger partial charge in [0.2, 0.25) is 0 Å². The van der Waals surface area contributed by atoms with Crippen molar-refractivity contribution in [3.63, 3.8) is 0 Å². The topological polar surface area (TPSA) is 3.24 Å². The number of nitrogens with zero attached hydrogens (tertiary/aromatic N) is 1.